The molecular weight excluding hydrogens is 330 g/mol. The summed E-state index contributed by atoms with van der Waals surface area (Å²) in [5.41, 5.74) is 1.87. The summed E-state index contributed by atoms with van der Waals surface area (Å²) in [6.45, 7) is 8.13. The number of pyridine rings is 1. The number of rotatable bonds is 9. The molecule has 26 heavy (non-hydrogen) atoms. The molecule has 7 heteroatoms. The van der Waals surface area contributed by atoms with Crippen LogP contribution < -0.4 is 15.4 Å². The Kier molecular flexibility index (Phi) is 7.92. The van der Waals surface area contributed by atoms with Crippen LogP contribution in [0.4, 0.5) is 0 Å². The van der Waals surface area contributed by atoms with Gasteiger partial charge in [-0.15, -0.1) is 0 Å². The van der Waals surface area contributed by atoms with Crippen molar-refractivity contribution in [2.45, 2.75) is 52.6 Å². The first kappa shape index (κ1) is 19.8. The van der Waals surface area contributed by atoms with Crippen LogP contribution in [0.3, 0.4) is 0 Å². The first-order valence-corrected chi connectivity index (χ1v) is 9.17. The Morgan fingerprint density at radius 1 is 1.23 bits per heavy atom. The van der Waals surface area contributed by atoms with E-state index in [1.807, 2.05) is 31.2 Å². The van der Waals surface area contributed by atoms with E-state index >= 15 is 0 Å². The van der Waals surface area contributed by atoms with Gasteiger partial charge >= 0.3 is 0 Å². The summed E-state index contributed by atoms with van der Waals surface area (Å²) < 4.78 is 10.6. The second-order valence-electron chi connectivity index (χ2n) is 5.95. The lowest BCUT2D eigenvalue weighted by Crippen LogP contribution is -2.36. The summed E-state index contributed by atoms with van der Waals surface area (Å²) in [6.07, 6.45) is 2.13. The molecule has 0 aliphatic heterocycles. The zero-order valence-electron chi connectivity index (χ0n) is 16.1. The van der Waals surface area contributed by atoms with Crippen molar-refractivity contribution >= 4 is 5.96 Å². The Balaban J connectivity index is 1.97. The Morgan fingerprint density at radius 2 is 2.04 bits per heavy atom. The van der Waals surface area contributed by atoms with Crippen LogP contribution in [0.5, 0.6) is 5.88 Å². The van der Waals surface area contributed by atoms with E-state index in [0.717, 1.165) is 36.5 Å². The first-order chi connectivity index (χ1) is 12.7. The minimum atomic E-state index is 0.452. The molecule has 0 saturated carbocycles. The SMILES string of the molecule is CCNC(=NCc1cccc(OC)n1)NCc1cc(C(CC)CC)no1. The molecule has 2 aromatic rings. The summed E-state index contributed by atoms with van der Waals surface area (Å²) in [7, 11) is 1.61. The van der Waals surface area contributed by atoms with Crippen LogP contribution >= 0.6 is 0 Å². The highest BCUT2D eigenvalue weighted by atomic mass is 16.5. The Labute approximate surface area is 155 Å². The van der Waals surface area contributed by atoms with Gasteiger partial charge in [-0.2, -0.15) is 0 Å². The number of nitrogens with zero attached hydrogens (tertiary/aromatic N) is 3. The number of methoxy groups -OCH3 is 1. The lowest BCUT2D eigenvalue weighted by molar-refractivity contribution is 0.368. The van der Waals surface area contributed by atoms with Gasteiger partial charge in [0.1, 0.15) is 0 Å². The topological polar surface area (TPSA) is 84.6 Å². The molecule has 2 rings (SSSR count). The first-order valence-electron chi connectivity index (χ1n) is 9.17. The molecule has 0 atom stereocenters. The van der Waals surface area contributed by atoms with Gasteiger partial charge in [0, 0.05) is 24.6 Å². The monoisotopic (exact) mass is 359 g/mol. The van der Waals surface area contributed by atoms with Gasteiger partial charge in [0.15, 0.2) is 11.7 Å². The van der Waals surface area contributed by atoms with Crippen molar-refractivity contribution in [2.75, 3.05) is 13.7 Å². The highest BCUT2D eigenvalue weighted by molar-refractivity contribution is 5.79. The largest absolute Gasteiger partial charge is 0.481 e. The van der Waals surface area contributed by atoms with E-state index in [-0.39, 0.29) is 0 Å². The summed E-state index contributed by atoms with van der Waals surface area (Å²) in [4.78, 5) is 8.93. The molecule has 2 aromatic heterocycles. The number of hydrogen-bond acceptors (Lipinski definition) is 5. The predicted octanol–water partition coefficient (Wildman–Crippen LogP) is 3.24. The summed E-state index contributed by atoms with van der Waals surface area (Å²) in [6, 6.07) is 7.68. The van der Waals surface area contributed by atoms with Crippen molar-refractivity contribution in [3.63, 3.8) is 0 Å². The van der Waals surface area contributed by atoms with Gasteiger partial charge in [0.2, 0.25) is 5.88 Å². The van der Waals surface area contributed by atoms with Gasteiger partial charge in [-0.3, -0.25) is 0 Å². The Hall–Kier alpha value is -2.57. The molecule has 142 valence electrons. The molecule has 0 fully saturated rings. The smallest absolute Gasteiger partial charge is 0.213 e. The average Bonchev–Trinajstić information content (AvgIpc) is 3.14. The third-order valence-electron chi connectivity index (χ3n) is 4.14. The highest BCUT2D eigenvalue weighted by Gasteiger charge is 2.13. The lowest BCUT2D eigenvalue weighted by atomic mass is 9.99. The second-order valence-corrected chi connectivity index (χ2v) is 5.95. The van der Waals surface area contributed by atoms with Crippen LogP contribution in [0.1, 0.15) is 56.7 Å². The molecule has 0 unspecified atom stereocenters. The molecule has 0 aliphatic carbocycles. The number of hydrogen-bond donors (Lipinski definition) is 2. The van der Waals surface area contributed by atoms with Gasteiger partial charge in [-0.1, -0.05) is 25.1 Å². The van der Waals surface area contributed by atoms with Crippen LogP contribution in [-0.4, -0.2) is 29.8 Å². The van der Waals surface area contributed by atoms with Crippen molar-refractivity contribution in [3.8, 4) is 5.88 Å². The number of guanidine groups is 1. The van der Waals surface area contributed by atoms with Crippen molar-refractivity contribution in [2.24, 2.45) is 4.99 Å². The quantitative estimate of drug-likeness (QED) is 0.528. The highest BCUT2D eigenvalue weighted by Crippen LogP contribution is 2.22. The van der Waals surface area contributed by atoms with Crippen LogP contribution in [0.15, 0.2) is 33.8 Å². The summed E-state index contributed by atoms with van der Waals surface area (Å²) in [5.74, 6) is 2.55. The third-order valence-corrected chi connectivity index (χ3v) is 4.14. The normalized spacial score (nSPS) is 11.7. The van der Waals surface area contributed by atoms with Crippen LogP contribution in [0.25, 0.3) is 0 Å². The lowest BCUT2D eigenvalue weighted by Gasteiger charge is -2.10. The molecule has 0 aliphatic rings. The maximum atomic E-state index is 5.45. The average molecular weight is 359 g/mol. The Morgan fingerprint density at radius 3 is 2.73 bits per heavy atom. The van der Waals surface area contributed by atoms with E-state index in [0.29, 0.717) is 30.8 Å². The fourth-order valence-electron chi connectivity index (χ4n) is 2.64. The maximum Gasteiger partial charge on any atom is 0.213 e. The van der Waals surface area contributed by atoms with E-state index < -0.39 is 0 Å². The van der Waals surface area contributed by atoms with Crippen LogP contribution in [-0.2, 0) is 13.1 Å². The fraction of sp³-hybridized carbons (Fsp3) is 0.526. The molecular formula is C19H29N5O2. The summed E-state index contributed by atoms with van der Waals surface area (Å²) >= 11 is 0. The van der Waals surface area contributed by atoms with Crippen molar-refractivity contribution in [1.82, 2.24) is 20.8 Å². The molecule has 0 saturated heterocycles. The molecule has 0 aromatic carbocycles. The molecule has 2 heterocycles. The third kappa shape index (κ3) is 5.75. The van der Waals surface area contributed by atoms with Gasteiger partial charge in [0.25, 0.3) is 0 Å². The number of aliphatic imine (C=N–C) groups is 1. The minimum Gasteiger partial charge on any atom is -0.481 e. The number of ether oxygens (including phenoxy) is 1. The molecule has 0 radical (unpaired) electrons. The fourth-order valence-corrected chi connectivity index (χ4v) is 2.64. The number of nitrogens with one attached hydrogen (secondary N) is 2. The van der Waals surface area contributed by atoms with Gasteiger partial charge in [-0.25, -0.2) is 9.98 Å². The molecule has 0 spiro atoms. The zero-order valence-corrected chi connectivity index (χ0v) is 16.1. The van der Waals surface area contributed by atoms with E-state index in [4.69, 9.17) is 9.26 Å². The van der Waals surface area contributed by atoms with Crippen molar-refractivity contribution < 1.29 is 9.26 Å². The molecule has 0 amide bonds. The second kappa shape index (κ2) is 10.4. The standard InChI is InChI=1S/C19H29N5O2/c1-5-14(6-2)17-11-16(26-24-17)13-22-19(20-7-3)21-12-15-9-8-10-18(23-15)25-4/h8-11,14H,5-7,12-13H2,1-4H3,(H2,20,21,22). The van der Waals surface area contributed by atoms with E-state index in [2.05, 4.69) is 39.6 Å². The summed E-state index contributed by atoms with van der Waals surface area (Å²) in [5, 5.41) is 10.7. The zero-order chi connectivity index (χ0) is 18.8. The van der Waals surface area contributed by atoms with Gasteiger partial charge in [0.05, 0.1) is 31.6 Å². The van der Waals surface area contributed by atoms with Gasteiger partial charge < -0.3 is 19.9 Å². The van der Waals surface area contributed by atoms with E-state index in [1.54, 1.807) is 7.11 Å². The van der Waals surface area contributed by atoms with Crippen LogP contribution in [0, 0.1) is 0 Å². The van der Waals surface area contributed by atoms with Gasteiger partial charge in [-0.05, 0) is 25.8 Å². The maximum absolute atomic E-state index is 5.45. The van der Waals surface area contributed by atoms with Crippen molar-refractivity contribution in [1.29, 1.82) is 0 Å². The number of aromatic nitrogens is 2. The predicted molar refractivity (Wildman–Crippen MR) is 102 cm³/mol. The molecule has 0 bridgehead atoms. The Bertz CT molecular complexity index is 695. The van der Waals surface area contributed by atoms with E-state index in [1.165, 1.54) is 0 Å². The van der Waals surface area contributed by atoms with Crippen molar-refractivity contribution in [3.05, 3.63) is 41.4 Å². The molecule has 2 N–H and O–H groups in total. The van der Waals surface area contributed by atoms with Crippen LogP contribution in [0.2, 0.25) is 0 Å². The minimum absolute atomic E-state index is 0.452. The van der Waals surface area contributed by atoms with E-state index in [9.17, 15) is 0 Å². The molecule has 7 nitrogen and oxygen atoms in total.